The Labute approximate surface area is 154 Å². The summed E-state index contributed by atoms with van der Waals surface area (Å²) in [6.45, 7) is 0.669. The summed E-state index contributed by atoms with van der Waals surface area (Å²) in [6, 6.07) is 10.5. The average Bonchev–Trinajstić information content (AvgIpc) is 2.63. The van der Waals surface area contributed by atoms with Crippen LogP contribution in [0.3, 0.4) is 0 Å². The van der Waals surface area contributed by atoms with Gasteiger partial charge in [0.2, 0.25) is 0 Å². The molecular formula is C18H19NO8. The van der Waals surface area contributed by atoms with Gasteiger partial charge in [-0.2, -0.15) is 0 Å². The Morgan fingerprint density at radius 1 is 1.15 bits per heavy atom. The first-order chi connectivity index (χ1) is 12.8. The van der Waals surface area contributed by atoms with Gasteiger partial charge in [0, 0.05) is 0 Å². The Hall–Kier alpha value is -3.36. The van der Waals surface area contributed by atoms with Crippen molar-refractivity contribution in [3.05, 3.63) is 52.1 Å². The molecule has 1 atom stereocenters. The lowest BCUT2D eigenvalue weighted by Gasteiger charge is -2.25. The summed E-state index contributed by atoms with van der Waals surface area (Å²) < 4.78 is 9.99. The Morgan fingerprint density at radius 2 is 1.81 bits per heavy atom. The average molecular weight is 377 g/mol. The molecule has 0 aliphatic carbocycles. The molecule has 144 valence electrons. The van der Waals surface area contributed by atoms with Gasteiger partial charge in [-0.15, -0.1) is 10.1 Å². The highest BCUT2D eigenvalue weighted by molar-refractivity contribution is 5.90. The number of ether oxygens (including phenoxy) is 2. The number of hydrogen-bond donors (Lipinski definition) is 1. The van der Waals surface area contributed by atoms with E-state index in [1.54, 1.807) is 37.4 Å². The maximum atomic E-state index is 12.0. The number of aliphatic carboxylic acids is 1. The molecule has 2 rings (SSSR count). The van der Waals surface area contributed by atoms with Crippen LogP contribution < -0.4 is 4.74 Å². The van der Waals surface area contributed by atoms with Crippen LogP contribution in [0.2, 0.25) is 0 Å². The topological polar surface area (TPSA) is 125 Å². The lowest BCUT2D eigenvalue weighted by atomic mass is 9.79. The number of carbonyl (C=O) groups excluding carboxylic acids is 1. The highest BCUT2D eigenvalue weighted by Crippen LogP contribution is 2.32. The van der Waals surface area contributed by atoms with Crippen LogP contribution in [-0.2, 0) is 24.6 Å². The molecule has 0 aromatic heterocycles. The van der Waals surface area contributed by atoms with Crippen LogP contribution in [0.25, 0.3) is 10.8 Å². The van der Waals surface area contributed by atoms with Crippen molar-refractivity contribution >= 4 is 22.7 Å². The standard InChI is InChI=1S/C18H19NO8/c1-18(17(21)22,11-16(20)26-7-8-27-19(23)24)14-5-3-13-10-15(25-2)6-4-12(13)9-14/h3-6,9-10H,7-8,11H2,1-2H3,(H,21,22). The third-order valence-corrected chi connectivity index (χ3v) is 4.20. The first-order valence-corrected chi connectivity index (χ1v) is 8.01. The second kappa shape index (κ2) is 8.35. The van der Waals surface area contributed by atoms with Crippen LogP contribution in [0.15, 0.2) is 36.4 Å². The Balaban J connectivity index is 2.19. The van der Waals surface area contributed by atoms with Crippen molar-refractivity contribution in [2.75, 3.05) is 20.3 Å². The first kappa shape index (κ1) is 20.0. The number of esters is 1. The number of hydrogen-bond acceptors (Lipinski definition) is 7. The smallest absolute Gasteiger partial charge is 0.314 e. The zero-order valence-electron chi connectivity index (χ0n) is 14.8. The quantitative estimate of drug-likeness (QED) is 0.305. The van der Waals surface area contributed by atoms with Crippen LogP contribution in [0, 0.1) is 10.1 Å². The Kier molecular flexibility index (Phi) is 6.17. The lowest BCUT2D eigenvalue weighted by Crippen LogP contribution is -2.35. The van der Waals surface area contributed by atoms with Gasteiger partial charge in [0.25, 0.3) is 5.09 Å². The second-order valence-electron chi connectivity index (χ2n) is 6.02. The molecule has 0 heterocycles. The third kappa shape index (κ3) is 4.84. The molecule has 0 bridgehead atoms. The van der Waals surface area contributed by atoms with Crippen molar-refractivity contribution in [2.24, 2.45) is 0 Å². The molecule has 2 aromatic carbocycles. The summed E-state index contributed by atoms with van der Waals surface area (Å²) in [5.74, 6) is -1.30. The van der Waals surface area contributed by atoms with Crippen molar-refractivity contribution in [2.45, 2.75) is 18.8 Å². The fraction of sp³-hybridized carbons (Fsp3) is 0.333. The van der Waals surface area contributed by atoms with Gasteiger partial charge in [0.15, 0.2) is 0 Å². The van der Waals surface area contributed by atoms with Gasteiger partial charge in [-0.3, -0.25) is 9.59 Å². The Morgan fingerprint density at radius 3 is 2.44 bits per heavy atom. The van der Waals surface area contributed by atoms with Gasteiger partial charge in [-0.1, -0.05) is 18.2 Å². The van der Waals surface area contributed by atoms with Gasteiger partial charge < -0.3 is 19.4 Å². The van der Waals surface area contributed by atoms with Gasteiger partial charge in [0.05, 0.1) is 13.5 Å². The number of fused-ring (bicyclic) bond motifs is 1. The minimum absolute atomic E-state index is 0.340. The summed E-state index contributed by atoms with van der Waals surface area (Å²) in [5, 5.41) is 20.4. The zero-order chi connectivity index (χ0) is 20.0. The van der Waals surface area contributed by atoms with Crippen molar-refractivity contribution in [1.29, 1.82) is 0 Å². The fourth-order valence-electron chi connectivity index (χ4n) is 2.60. The number of nitrogens with zero attached hydrogens (tertiary/aromatic N) is 1. The van der Waals surface area contributed by atoms with E-state index in [9.17, 15) is 24.8 Å². The van der Waals surface area contributed by atoms with Crippen LogP contribution in [0.1, 0.15) is 18.9 Å². The highest BCUT2D eigenvalue weighted by atomic mass is 17.0. The zero-order valence-corrected chi connectivity index (χ0v) is 14.8. The number of methoxy groups -OCH3 is 1. The van der Waals surface area contributed by atoms with E-state index in [4.69, 9.17) is 9.47 Å². The van der Waals surface area contributed by atoms with E-state index in [2.05, 4.69) is 4.84 Å². The second-order valence-corrected chi connectivity index (χ2v) is 6.02. The van der Waals surface area contributed by atoms with Crippen molar-refractivity contribution in [3.63, 3.8) is 0 Å². The molecule has 0 fully saturated rings. The largest absolute Gasteiger partial charge is 0.497 e. The minimum Gasteiger partial charge on any atom is -0.497 e. The molecular weight excluding hydrogens is 358 g/mol. The molecule has 0 radical (unpaired) electrons. The number of carbonyl (C=O) groups is 2. The van der Waals surface area contributed by atoms with Crippen molar-refractivity contribution in [1.82, 2.24) is 0 Å². The molecule has 2 aromatic rings. The Bertz CT molecular complexity index is 866. The summed E-state index contributed by atoms with van der Waals surface area (Å²) in [6.07, 6.45) is -0.428. The van der Waals surface area contributed by atoms with E-state index >= 15 is 0 Å². The maximum absolute atomic E-state index is 12.0. The normalized spacial score (nSPS) is 12.8. The minimum atomic E-state index is -1.52. The van der Waals surface area contributed by atoms with Crippen LogP contribution in [-0.4, -0.2) is 42.5 Å². The van der Waals surface area contributed by atoms with Gasteiger partial charge in [0.1, 0.15) is 24.4 Å². The molecule has 1 unspecified atom stereocenters. The molecule has 27 heavy (non-hydrogen) atoms. The van der Waals surface area contributed by atoms with Gasteiger partial charge >= 0.3 is 11.9 Å². The predicted octanol–water partition coefficient (Wildman–Crippen LogP) is 2.33. The number of rotatable bonds is 9. The first-order valence-electron chi connectivity index (χ1n) is 8.01. The van der Waals surface area contributed by atoms with E-state index in [-0.39, 0.29) is 6.61 Å². The molecule has 1 N–H and O–H groups in total. The van der Waals surface area contributed by atoms with Crippen LogP contribution >= 0.6 is 0 Å². The van der Waals surface area contributed by atoms with Crippen molar-refractivity contribution in [3.8, 4) is 5.75 Å². The summed E-state index contributed by atoms with van der Waals surface area (Å²) in [5.41, 5.74) is -1.08. The summed E-state index contributed by atoms with van der Waals surface area (Å²) in [4.78, 5) is 38.0. The van der Waals surface area contributed by atoms with E-state index < -0.39 is 35.5 Å². The van der Waals surface area contributed by atoms with Gasteiger partial charge in [-0.05, 0) is 41.5 Å². The molecule has 0 amide bonds. The summed E-state index contributed by atoms with van der Waals surface area (Å²) >= 11 is 0. The molecule has 0 saturated heterocycles. The van der Waals surface area contributed by atoms with E-state index in [0.717, 1.165) is 10.8 Å². The predicted molar refractivity (Wildman–Crippen MR) is 94.0 cm³/mol. The lowest BCUT2D eigenvalue weighted by molar-refractivity contribution is -0.757. The molecule has 9 heteroatoms. The molecule has 0 aliphatic heterocycles. The SMILES string of the molecule is COc1ccc2cc(C(C)(CC(=O)OCCO[N+](=O)[O-])C(=O)O)ccc2c1. The highest BCUT2D eigenvalue weighted by Gasteiger charge is 2.38. The molecule has 0 saturated carbocycles. The number of benzene rings is 2. The van der Waals surface area contributed by atoms with Gasteiger partial charge in [-0.25, -0.2) is 0 Å². The third-order valence-electron chi connectivity index (χ3n) is 4.20. The van der Waals surface area contributed by atoms with E-state index in [1.807, 2.05) is 6.07 Å². The molecule has 9 nitrogen and oxygen atoms in total. The monoisotopic (exact) mass is 377 g/mol. The van der Waals surface area contributed by atoms with E-state index in [0.29, 0.717) is 11.3 Å². The van der Waals surface area contributed by atoms with Crippen LogP contribution in [0.4, 0.5) is 0 Å². The number of carboxylic acids is 1. The fourth-order valence-corrected chi connectivity index (χ4v) is 2.60. The molecule has 0 aliphatic rings. The van der Waals surface area contributed by atoms with E-state index in [1.165, 1.54) is 6.92 Å². The maximum Gasteiger partial charge on any atom is 0.314 e. The molecule has 0 spiro atoms. The van der Waals surface area contributed by atoms with Crippen molar-refractivity contribution < 1.29 is 34.1 Å². The number of carboxylic acid groups (broad SMARTS) is 1. The van der Waals surface area contributed by atoms with Crippen LogP contribution in [0.5, 0.6) is 5.75 Å². The summed E-state index contributed by atoms with van der Waals surface area (Å²) in [7, 11) is 1.55.